The molecule has 2 aromatic carbocycles. The molecule has 1 amide bonds. The molecule has 22 heavy (non-hydrogen) atoms. The number of nitrogens with zero attached hydrogens (tertiary/aromatic N) is 2. The van der Waals surface area contributed by atoms with Crippen molar-refractivity contribution < 1.29 is 9.18 Å². The van der Waals surface area contributed by atoms with Gasteiger partial charge in [0.1, 0.15) is 5.82 Å². The molecular formula is C17H14FN3O. The van der Waals surface area contributed by atoms with Crippen LogP contribution in [0, 0.1) is 5.82 Å². The summed E-state index contributed by atoms with van der Waals surface area (Å²) < 4.78 is 14.6. The second-order valence-electron chi connectivity index (χ2n) is 4.85. The van der Waals surface area contributed by atoms with Gasteiger partial charge in [-0.1, -0.05) is 18.2 Å². The Labute approximate surface area is 127 Å². The Balaban J connectivity index is 1.69. The molecule has 0 aliphatic carbocycles. The first-order chi connectivity index (χ1) is 10.7. The zero-order valence-corrected chi connectivity index (χ0v) is 11.7. The Hall–Kier alpha value is -2.95. The third kappa shape index (κ3) is 3.38. The number of carbonyl (C=O) groups excluding carboxylic acids is 1. The van der Waals surface area contributed by atoms with Crippen LogP contribution in [-0.4, -0.2) is 15.7 Å². The van der Waals surface area contributed by atoms with E-state index in [4.69, 9.17) is 0 Å². The summed E-state index contributed by atoms with van der Waals surface area (Å²) in [4.78, 5) is 12.0. The van der Waals surface area contributed by atoms with Gasteiger partial charge < -0.3 is 5.32 Å². The van der Waals surface area contributed by atoms with Gasteiger partial charge >= 0.3 is 0 Å². The first kappa shape index (κ1) is 14.0. The Morgan fingerprint density at radius 2 is 1.95 bits per heavy atom. The monoisotopic (exact) mass is 295 g/mol. The standard InChI is InChI=1S/C17H14FN3O/c18-14-7-5-13(6-8-14)11-17(22)20-15-3-1-4-16(12-15)21-10-2-9-19-21/h1-10,12H,11H2,(H,20,22). The maximum Gasteiger partial charge on any atom is 0.228 e. The molecule has 1 N–H and O–H groups in total. The molecule has 4 nitrogen and oxygen atoms in total. The summed E-state index contributed by atoms with van der Waals surface area (Å²) >= 11 is 0. The minimum atomic E-state index is -0.309. The van der Waals surface area contributed by atoms with Gasteiger partial charge in [0, 0.05) is 18.1 Å². The molecule has 0 saturated carbocycles. The maximum atomic E-state index is 12.8. The van der Waals surface area contributed by atoms with Crippen LogP contribution < -0.4 is 5.32 Å². The lowest BCUT2D eigenvalue weighted by Crippen LogP contribution is -2.14. The smallest absolute Gasteiger partial charge is 0.228 e. The van der Waals surface area contributed by atoms with E-state index in [0.717, 1.165) is 11.3 Å². The number of benzene rings is 2. The molecule has 1 aromatic heterocycles. The van der Waals surface area contributed by atoms with Crippen molar-refractivity contribution in [3.05, 3.63) is 78.4 Å². The van der Waals surface area contributed by atoms with Crippen LogP contribution in [0.4, 0.5) is 10.1 Å². The van der Waals surface area contributed by atoms with Gasteiger partial charge in [0.25, 0.3) is 0 Å². The fourth-order valence-electron chi connectivity index (χ4n) is 2.14. The molecule has 0 bridgehead atoms. The van der Waals surface area contributed by atoms with Crippen molar-refractivity contribution >= 4 is 11.6 Å². The van der Waals surface area contributed by atoms with E-state index >= 15 is 0 Å². The molecule has 0 atom stereocenters. The fraction of sp³-hybridized carbons (Fsp3) is 0.0588. The lowest BCUT2D eigenvalue weighted by molar-refractivity contribution is -0.115. The molecule has 0 aliphatic heterocycles. The number of carbonyl (C=O) groups is 1. The molecule has 1 heterocycles. The lowest BCUT2D eigenvalue weighted by atomic mass is 10.1. The zero-order chi connectivity index (χ0) is 15.4. The quantitative estimate of drug-likeness (QED) is 0.803. The summed E-state index contributed by atoms with van der Waals surface area (Å²) in [5, 5.41) is 6.98. The molecule has 110 valence electrons. The molecule has 0 fully saturated rings. The SMILES string of the molecule is O=C(Cc1ccc(F)cc1)Nc1cccc(-n2cccn2)c1. The normalized spacial score (nSPS) is 10.4. The number of rotatable bonds is 4. The van der Waals surface area contributed by atoms with Crippen molar-refractivity contribution in [3.63, 3.8) is 0 Å². The highest BCUT2D eigenvalue weighted by molar-refractivity contribution is 5.92. The first-order valence-electron chi connectivity index (χ1n) is 6.85. The number of aromatic nitrogens is 2. The van der Waals surface area contributed by atoms with Crippen LogP contribution >= 0.6 is 0 Å². The van der Waals surface area contributed by atoms with Crippen LogP contribution in [-0.2, 0) is 11.2 Å². The van der Waals surface area contributed by atoms with E-state index in [-0.39, 0.29) is 18.1 Å². The highest BCUT2D eigenvalue weighted by Crippen LogP contribution is 2.14. The second-order valence-corrected chi connectivity index (χ2v) is 4.85. The molecule has 0 spiro atoms. The molecule has 3 rings (SSSR count). The number of halogens is 1. The number of hydrogen-bond acceptors (Lipinski definition) is 2. The van der Waals surface area contributed by atoms with E-state index in [1.807, 2.05) is 36.5 Å². The van der Waals surface area contributed by atoms with E-state index in [1.165, 1.54) is 12.1 Å². The Morgan fingerprint density at radius 1 is 1.14 bits per heavy atom. The van der Waals surface area contributed by atoms with Gasteiger partial charge in [0.05, 0.1) is 12.1 Å². The number of anilines is 1. The van der Waals surface area contributed by atoms with Crippen molar-refractivity contribution in [1.29, 1.82) is 0 Å². The van der Waals surface area contributed by atoms with Gasteiger partial charge in [-0.2, -0.15) is 5.10 Å². The van der Waals surface area contributed by atoms with Gasteiger partial charge in [-0.15, -0.1) is 0 Å². The lowest BCUT2D eigenvalue weighted by Gasteiger charge is -2.08. The van der Waals surface area contributed by atoms with Gasteiger partial charge in [-0.3, -0.25) is 4.79 Å². The van der Waals surface area contributed by atoms with E-state index in [9.17, 15) is 9.18 Å². The molecule has 0 unspecified atom stereocenters. The van der Waals surface area contributed by atoms with Gasteiger partial charge in [0.15, 0.2) is 0 Å². The van der Waals surface area contributed by atoms with Crippen LogP contribution in [0.3, 0.4) is 0 Å². The summed E-state index contributed by atoms with van der Waals surface area (Å²) in [5.74, 6) is -0.458. The largest absolute Gasteiger partial charge is 0.326 e. The number of nitrogens with one attached hydrogen (secondary N) is 1. The van der Waals surface area contributed by atoms with Gasteiger partial charge in [0.2, 0.25) is 5.91 Å². The maximum absolute atomic E-state index is 12.8. The van der Waals surface area contributed by atoms with Crippen molar-refractivity contribution in [2.24, 2.45) is 0 Å². The van der Waals surface area contributed by atoms with Gasteiger partial charge in [-0.25, -0.2) is 9.07 Å². The zero-order valence-electron chi connectivity index (χ0n) is 11.7. The van der Waals surface area contributed by atoms with Gasteiger partial charge in [-0.05, 0) is 42.0 Å². The second kappa shape index (κ2) is 6.22. The summed E-state index contributed by atoms with van der Waals surface area (Å²) in [7, 11) is 0. The van der Waals surface area contributed by atoms with E-state index < -0.39 is 0 Å². The minimum absolute atomic E-state index is 0.149. The number of hydrogen-bond donors (Lipinski definition) is 1. The Bertz CT molecular complexity index is 767. The highest BCUT2D eigenvalue weighted by atomic mass is 19.1. The molecule has 0 radical (unpaired) electrons. The summed E-state index contributed by atoms with van der Waals surface area (Å²) in [5.41, 5.74) is 2.33. The average molecular weight is 295 g/mol. The van der Waals surface area contributed by atoms with Crippen LogP contribution in [0.5, 0.6) is 0 Å². The van der Waals surface area contributed by atoms with E-state index in [2.05, 4.69) is 10.4 Å². The summed E-state index contributed by atoms with van der Waals surface area (Å²) in [6.45, 7) is 0. The van der Waals surface area contributed by atoms with E-state index in [1.54, 1.807) is 23.0 Å². The molecule has 5 heteroatoms. The summed E-state index contributed by atoms with van der Waals surface area (Å²) in [6.07, 6.45) is 3.73. The third-order valence-electron chi connectivity index (χ3n) is 3.18. The van der Waals surface area contributed by atoms with Crippen LogP contribution in [0.25, 0.3) is 5.69 Å². The van der Waals surface area contributed by atoms with Crippen molar-refractivity contribution in [3.8, 4) is 5.69 Å². The van der Waals surface area contributed by atoms with Crippen LogP contribution in [0.2, 0.25) is 0 Å². The molecule has 3 aromatic rings. The van der Waals surface area contributed by atoms with Crippen molar-refractivity contribution in [2.45, 2.75) is 6.42 Å². The van der Waals surface area contributed by atoms with E-state index in [0.29, 0.717) is 5.69 Å². The molecule has 0 aliphatic rings. The highest BCUT2D eigenvalue weighted by Gasteiger charge is 2.05. The first-order valence-corrected chi connectivity index (χ1v) is 6.85. The predicted octanol–water partition coefficient (Wildman–Crippen LogP) is 3.19. The fourth-order valence-corrected chi connectivity index (χ4v) is 2.14. The topological polar surface area (TPSA) is 46.9 Å². The average Bonchev–Trinajstić information content (AvgIpc) is 3.04. The predicted molar refractivity (Wildman–Crippen MR) is 82.3 cm³/mol. The molecular weight excluding hydrogens is 281 g/mol. The molecule has 0 saturated heterocycles. The Morgan fingerprint density at radius 3 is 2.68 bits per heavy atom. The Kier molecular flexibility index (Phi) is 3.96. The summed E-state index contributed by atoms with van der Waals surface area (Å²) in [6, 6.07) is 15.2. The van der Waals surface area contributed by atoms with Crippen molar-refractivity contribution in [2.75, 3.05) is 5.32 Å². The van der Waals surface area contributed by atoms with Crippen LogP contribution in [0.15, 0.2) is 67.0 Å². The third-order valence-corrected chi connectivity index (χ3v) is 3.18. The van der Waals surface area contributed by atoms with Crippen LogP contribution in [0.1, 0.15) is 5.56 Å². The minimum Gasteiger partial charge on any atom is -0.326 e. The van der Waals surface area contributed by atoms with Crippen molar-refractivity contribution in [1.82, 2.24) is 9.78 Å². The number of amides is 1.